The van der Waals surface area contributed by atoms with Crippen molar-refractivity contribution >= 4 is 5.78 Å². The van der Waals surface area contributed by atoms with Crippen LogP contribution >= 0.6 is 0 Å². The van der Waals surface area contributed by atoms with E-state index in [4.69, 9.17) is 0 Å². The normalized spacial score (nSPS) is 32.9. The Balaban J connectivity index is 1.85. The third-order valence-corrected chi connectivity index (χ3v) is 4.08. The van der Waals surface area contributed by atoms with Gasteiger partial charge in [-0.1, -0.05) is 37.6 Å². The molecule has 3 unspecified atom stereocenters. The van der Waals surface area contributed by atoms with Gasteiger partial charge in [0.2, 0.25) is 0 Å². The molecule has 15 heavy (non-hydrogen) atoms. The SMILES string of the molecule is CCC1CC1C1Cc2ccccc2C1=O. The van der Waals surface area contributed by atoms with Crippen molar-refractivity contribution in [1.82, 2.24) is 0 Å². The fourth-order valence-corrected chi connectivity index (χ4v) is 3.05. The highest BCUT2D eigenvalue weighted by Gasteiger charge is 2.47. The highest BCUT2D eigenvalue weighted by molar-refractivity contribution is 6.02. The molecule has 1 heteroatoms. The summed E-state index contributed by atoms with van der Waals surface area (Å²) >= 11 is 0. The third-order valence-electron chi connectivity index (χ3n) is 4.08. The van der Waals surface area contributed by atoms with Crippen LogP contribution in [0.15, 0.2) is 24.3 Å². The maximum atomic E-state index is 12.1. The Kier molecular flexibility index (Phi) is 1.95. The van der Waals surface area contributed by atoms with Gasteiger partial charge in [-0.15, -0.1) is 0 Å². The zero-order valence-electron chi connectivity index (χ0n) is 9.07. The highest BCUT2D eigenvalue weighted by atomic mass is 16.1. The lowest BCUT2D eigenvalue weighted by Gasteiger charge is -2.05. The number of carbonyl (C=O) groups is 1. The van der Waals surface area contributed by atoms with E-state index in [1.165, 1.54) is 18.4 Å². The van der Waals surface area contributed by atoms with Crippen LogP contribution in [0, 0.1) is 17.8 Å². The van der Waals surface area contributed by atoms with Gasteiger partial charge in [0.05, 0.1) is 0 Å². The third kappa shape index (κ3) is 1.33. The molecule has 0 N–H and O–H groups in total. The average molecular weight is 200 g/mol. The monoisotopic (exact) mass is 200 g/mol. The molecule has 0 bridgehead atoms. The number of hydrogen-bond donors (Lipinski definition) is 0. The minimum absolute atomic E-state index is 0.312. The molecule has 0 spiro atoms. The molecular weight excluding hydrogens is 184 g/mol. The van der Waals surface area contributed by atoms with Gasteiger partial charge >= 0.3 is 0 Å². The summed E-state index contributed by atoms with van der Waals surface area (Å²) in [6.45, 7) is 2.23. The predicted molar refractivity (Wildman–Crippen MR) is 59.9 cm³/mol. The van der Waals surface area contributed by atoms with Crippen LogP contribution in [0.4, 0.5) is 0 Å². The molecule has 1 fully saturated rings. The van der Waals surface area contributed by atoms with E-state index in [1.54, 1.807) is 0 Å². The van der Waals surface area contributed by atoms with Crippen LogP contribution < -0.4 is 0 Å². The van der Waals surface area contributed by atoms with Gasteiger partial charge in [0, 0.05) is 11.5 Å². The summed E-state index contributed by atoms with van der Waals surface area (Å²) in [7, 11) is 0. The van der Waals surface area contributed by atoms with Crippen LogP contribution in [0.5, 0.6) is 0 Å². The first-order valence-corrected chi connectivity index (χ1v) is 5.93. The molecule has 1 nitrogen and oxygen atoms in total. The number of fused-ring (bicyclic) bond motifs is 1. The maximum Gasteiger partial charge on any atom is 0.166 e. The lowest BCUT2D eigenvalue weighted by Crippen LogP contribution is -2.12. The molecule has 3 rings (SSSR count). The van der Waals surface area contributed by atoms with Crippen LogP contribution in [-0.2, 0) is 6.42 Å². The van der Waals surface area contributed by atoms with Crippen LogP contribution in [-0.4, -0.2) is 5.78 Å². The van der Waals surface area contributed by atoms with Crippen molar-refractivity contribution in [2.75, 3.05) is 0 Å². The fraction of sp³-hybridized carbons (Fsp3) is 0.500. The fourth-order valence-electron chi connectivity index (χ4n) is 3.05. The molecular formula is C14H16O. The highest BCUT2D eigenvalue weighted by Crippen LogP contribution is 2.50. The van der Waals surface area contributed by atoms with E-state index in [2.05, 4.69) is 13.0 Å². The van der Waals surface area contributed by atoms with Crippen molar-refractivity contribution in [3.05, 3.63) is 35.4 Å². The standard InChI is InChI=1S/C14H16O/c1-2-9-7-12(9)13-8-10-5-3-4-6-11(10)14(13)15/h3-6,9,12-13H,2,7-8H2,1H3. The van der Waals surface area contributed by atoms with Crippen molar-refractivity contribution in [3.63, 3.8) is 0 Å². The van der Waals surface area contributed by atoms with Gasteiger partial charge in [0.15, 0.2) is 5.78 Å². The van der Waals surface area contributed by atoms with E-state index < -0.39 is 0 Å². The molecule has 1 aromatic carbocycles. The first-order chi connectivity index (χ1) is 7.31. The Bertz CT molecular complexity index is 408. The number of ketones is 1. The quantitative estimate of drug-likeness (QED) is 0.717. The summed E-state index contributed by atoms with van der Waals surface area (Å²) in [5.74, 6) is 2.24. The van der Waals surface area contributed by atoms with Crippen LogP contribution in [0.2, 0.25) is 0 Å². The van der Waals surface area contributed by atoms with Crippen molar-refractivity contribution in [2.45, 2.75) is 26.2 Å². The van der Waals surface area contributed by atoms with Gasteiger partial charge in [-0.05, 0) is 30.2 Å². The second-order valence-corrected chi connectivity index (χ2v) is 4.90. The molecule has 2 aliphatic rings. The smallest absolute Gasteiger partial charge is 0.166 e. The van der Waals surface area contributed by atoms with Gasteiger partial charge < -0.3 is 0 Å². The van der Waals surface area contributed by atoms with E-state index in [-0.39, 0.29) is 0 Å². The van der Waals surface area contributed by atoms with E-state index >= 15 is 0 Å². The zero-order valence-corrected chi connectivity index (χ0v) is 9.07. The second-order valence-electron chi connectivity index (χ2n) is 4.90. The van der Waals surface area contributed by atoms with E-state index in [1.807, 2.05) is 18.2 Å². The van der Waals surface area contributed by atoms with Crippen molar-refractivity contribution < 1.29 is 4.79 Å². The molecule has 2 aliphatic carbocycles. The van der Waals surface area contributed by atoms with E-state index in [0.29, 0.717) is 17.6 Å². The molecule has 3 atom stereocenters. The van der Waals surface area contributed by atoms with E-state index in [9.17, 15) is 4.79 Å². The molecule has 1 aromatic rings. The molecule has 0 aromatic heterocycles. The van der Waals surface area contributed by atoms with Gasteiger partial charge in [-0.2, -0.15) is 0 Å². The summed E-state index contributed by atoms with van der Waals surface area (Å²) in [5.41, 5.74) is 2.26. The Morgan fingerprint density at radius 2 is 2.13 bits per heavy atom. The molecule has 0 amide bonds. The van der Waals surface area contributed by atoms with Crippen molar-refractivity contribution in [3.8, 4) is 0 Å². The Hall–Kier alpha value is -1.11. The molecule has 0 aliphatic heterocycles. The number of carbonyl (C=O) groups excluding carboxylic acids is 1. The first-order valence-electron chi connectivity index (χ1n) is 5.93. The minimum Gasteiger partial charge on any atom is -0.294 e. The predicted octanol–water partition coefficient (Wildman–Crippen LogP) is 3.09. The molecule has 1 saturated carbocycles. The molecule has 0 heterocycles. The van der Waals surface area contributed by atoms with Crippen LogP contribution in [0.3, 0.4) is 0 Å². The number of hydrogen-bond acceptors (Lipinski definition) is 1. The molecule has 0 saturated heterocycles. The molecule has 78 valence electrons. The summed E-state index contributed by atoms with van der Waals surface area (Å²) in [6, 6.07) is 8.11. The van der Waals surface area contributed by atoms with Crippen LogP contribution in [0.25, 0.3) is 0 Å². The average Bonchev–Trinajstić information content (AvgIpc) is 2.98. The summed E-state index contributed by atoms with van der Waals surface area (Å²) in [5, 5.41) is 0. The summed E-state index contributed by atoms with van der Waals surface area (Å²) < 4.78 is 0. The Morgan fingerprint density at radius 3 is 2.80 bits per heavy atom. The topological polar surface area (TPSA) is 17.1 Å². The van der Waals surface area contributed by atoms with Crippen LogP contribution in [0.1, 0.15) is 35.7 Å². The lowest BCUT2D eigenvalue weighted by molar-refractivity contribution is 0.0919. The Labute approximate surface area is 90.5 Å². The number of benzene rings is 1. The number of Topliss-reactive ketones (excluding diaryl/α,β-unsaturated/α-hetero) is 1. The Morgan fingerprint density at radius 1 is 1.33 bits per heavy atom. The zero-order chi connectivity index (χ0) is 10.4. The van der Waals surface area contributed by atoms with Gasteiger partial charge in [-0.25, -0.2) is 0 Å². The summed E-state index contributed by atoms with van der Waals surface area (Å²) in [4.78, 5) is 12.1. The summed E-state index contributed by atoms with van der Waals surface area (Å²) in [6.07, 6.45) is 3.52. The largest absolute Gasteiger partial charge is 0.294 e. The van der Waals surface area contributed by atoms with Crippen molar-refractivity contribution in [2.24, 2.45) is 17.8 Å². The lowest BCUT2D eigenvalue weighted by atomic mass is 9.97. The maximum absolute atomic E-state index is 12.1. The molecule has 0 radical (unpaired) electrons. The second kappa shape index (κ2) is 3.19. The van der Waals surface area contributed by atoms with Gasteiger partial charge in [-0.3, -0.25) is 4.79 Å². The van der Waals surface area contributed by atoms with Gasteiger partial charge in [0.25, 0.3) is 0 Å². The van der Waals surface area contributed by atoms with E-state index in [0.717, 1.165) is 17.9 Å². The number of rotatable bonds is 2. The van der Waals surface area contributed by atoms with Crippen molar-refractivity contribution in [1.29, 1.82) is 0 Å². The first kappa shape index (κ1) is 9.14. The van der Waals surface area contributed by atoms with Gasteiger partial charge in [0.1, 0.15) is 0 Å². The minimum atomic E-state index is 0.312.